The maximum atomic E-state index is 11.9. The Morgan fingerprint density at radius 2 is 2.29 bits per heavy atom. The lowest BCUT2D eigenvalue weighted by atomic mass is 10.4. The van der Waals surface area contributed by atoms with E-state index in [2.05, 4.69) is 10.3 Å². The van der Waals surface area contributed by atoms with E-state index in [0.717, 1.165) is 6.54 Å². The quantitative estimate of drug-likeness (QED) is 0.761. The molecule has 4 nitrogen and oxygen atoms in total. The summed E-state index contributed by atoms with van der Waals surface area (Å²) in [6.45, 7) is 1.32. The standard InChI is InChI=1S/C9H12N2O2S/c12-14(13,8-4-6-10-7-8)9-3-1-2-5-11-9/h1-3,5,8,10H,4,6-7H2/t8-/m0/s1. The van der Waals surface area contributed by atoms with Crippen LogP contribution in [0.2, 0.25) is 0 Å². The van der Waals surface area contributed by atoms with Gasteiger partial charge in [0.25, 0.3) is 0 Å². The molecule has 1 aromatic rings. The first-order chi connectivity index (χ1) is 6.71. The average Bonchev–Trinajstić information content (AvgIpc) is 2.72. The van der Waals surface area contributed by atoms with Crippen molar-refractivity contribution in [3.63, 3.8) is 0 Å². The predicted octanol–water partition coefficient (Wildman–Crippen LogP) is 0.217. The normalized spacial score (nSPS) is 22.4. The zero-order valence-electron chi connectivity index (χ0n) is 7.68. The molecule has 1 aliphatic rings. The van der Waals surface area contributed by atoms with Gasteiger partial charge in [0.15, 0.2) is 14.9 Å². The van der Waals surface area contributed by atoms with Crippen LogP contribution in [0.3, 0.4) is 0 Å². The minimum Gasteiger partial charge on any atom is -0.315 e. The van der Waals surface area contributed by atoms with Gasteiger partial charge in [0.1, 0.15) is 0 Å². The molecule has 14 heavy (non-hydrogen) atoms. The molecule has 1 aromatic heterocycles. The van der Waals surface area contributed by atoms with E-state index < -0.39 is 9.84 Å². The van der Waals surface area contributed by atoms with Crippen LogP contribution >= 0.6 is 0 Å². The van der Waals surface area contributed by atoms with Crippen molar-refractivity contribution in [3.05, 3.63) is 24.4 Å². The molecule has 0 aromatic carbocycles. The molecule has 0 radical (unpaired) electrons. The van der Waals surface area contributed by atoms with Crippen molar-refractivity contribution in [2.75, 3.05) is 13.1 Å². The van der Waals surface area contributed by atoms with Crippen molar-refractivity contribution >= 4 is 9.84 Å². The number of rotatable bonds is 2. The summed E-state index contributed by atoms with van der Waals surface area (Å²) in [6, 6.07) is 4.96. The molecule has 76 valence electrons. The van der Waals surface area contributed by atoms with Gasteiger partial charge in [-0.3, -0.25) is 0 Å². The van der Waals surface area contributed by atoms with E-state index >= 15 is 0 Å². The Bertz CT molecular complexity index is 396. The van der Waals surface area contributed by atoms with Gasteiger partial charge in [-0.2, -0.15) is 0 Å². The highest BCUT2D eigenvalue weighted by molar-refractivity contribution is 7.92. The first-order valence-corrected chi connectivity index (χ1v) is 6.11. The van der Waals surface area contributed by atoms with Gasteiger partial charge in [0.05, 0.1) is 5.25 Å². The molecule has 0 amide bonds. The molecule has 1 saturated heterocycles. The van der Waals surface area contributed by atoms with Crippen LogP contribution in [0.25, 0.3) is 0 Å². The molecular weight excluding hydrogens is 200 g/mol. The van der Waals surface area contributed by atoms with Crippen LogP contribution in [-0.4, -0.2) is 31.7 Å². The van der Waals surface area contributed by atoms with E-state index in [9.17, 15) is 8.42 Å². The van der Waals surface area contributed by atoms with Crippen molar-refractivity contribution in [2.24, 2.45) is 0 Å². The second kappa shape index (κ2) is 3.67. The number of nitrogens with one attached hydrogen (secondary N) is 1. The third-order valence-corrected chi connectivity index (χ3v) is 4.49. The van der Waals surface area contributed by atoms with Crippen molar-refractivity contribution in [1.82, 2.24) is 10.3 Å². The minimum atomic E-state index is -3.21. The second-order valence-corrected chi connectivity index (χ2v) is 5.50. The van der Waals surface area contributed by atoms with Crippen LogP contribution in [0.15, 0.2) is 29.4 Å². The van der Waals surface area contributed by atoms with Gasteiger partial charge < -0.3 is 5.32 Å². The molecule has 1 N–H and O–H groups in total. The first-order valence-electron chi connectivity index (χ1n) is 4.57. The molecule has 2 heterocycles. The molecule has 0 aliphatic carbocycles. The summed E-state index contributed by atoms with van der Waals surface area (Å²) in [5.74, 6) is 0. The number of aromatic nitrogens is 1. The lowest BCUT2D eigenvalue weighted by molar-refractivity contribution is 0.579. The minimum absolute atomic E-state index is 0.189. The highest BCUT2D eigenvalue weighted by Gasteiger charge is 2.30. The maximum absolute atomic E-state index is 11.9. The van der Waals surface area contributed by atoms with Crippen LogP contribution in [0, 0.1) is 0 Å². The summed E-state index contributed by atoms with van der Waals surface area (Å²) in [7, 11) is -3.21. The summed E-state index contributed by atoms with van der Waals surface area (Å²) in [5, 5.41) is 2.92. The van der Waals surface area contributed by atoms with Gasteiger partial charge in [-0.25, -0.2) is 13.4 Å². The van der Waals surface area contributed by atoms with E-state index in [1.165, 1.54) is 6.20 Å². The van der Waals surface area contributed by atoms with Gasteiger partial charge >= 0.3 is 0 Å². The first kappa shape index (κ1) is 9.61. The Hall–Kier alpha value is -0.940. The molecule has 2 rings (SSSR count). The second-order valence-electron chi connectivity index (χ2n) is 3.33. The molecule has 1 fully saturated rings. The largest absolute Gasteiger partial charge is 0.315 e. The van der Waals surface area contributed by atoms with Gasteiger partial charge in [0.2, 0.25) is 0 Å². The van der Waals surface area contributed by atoms with Gasteiger partial charge in [0, 0.05) is 12.7 Å². The van der Waals surface area contributed by atoms with Crippen LogP contribution in [0.4, 0.5) is 0 Å². The van der Waals surface area contributed by atoms with Crippen LogP contribution in [-0.2, 0) is 9.84 Å². The summed E-state index contributed by atoms with van der Waals surface area (Å²) in [5.41, 5.74) is 0. The summed E-state index contributed by atoms with van der Waals surface area (Å²) >= 11 is 0. The van der Waals surface area contributed by atoms with Gasteiger partial charge in [-0.05, 0) is 25.1 Å². The molecular formula is C9H12N2O2S. The molecule has 0 bridgehead atoms. The molecule has 0 unspecified atom stereocenters. The van der Waals surface area contributed by atoms with Crippen molar-refractivity contribution in [1.29, 1.82) is 0 Å². The fraction of sp³-hybridized carbons (Fsp3) is 0.444. The fourth-order valence-corrected chi connectivity index (χ4v) is 3.16. The lowest BCUT2D eigenvalue weighted by Gasteiger charge is -2.08. The van der Waals surface area contributed by atoms with E-state index in [4.69, 9.17) is 0 Å². The maximum Gasteiger partial charge on any atom is 0.199 e. The van der Waals surface area contributed by atoms with E-state index in [0.29, 0.717) is 13.0 Å². The molecule has 5 heteroatoms. The van der Waals surface area contributed by atoms with Gasteiger partial charge in [-0.1, -0.05) is 6.07 Å². The number of nitrogens with zero attached hydrogens (tertiary/aromatic N) is 1. The van der Waals surface area contributed by atoms with E-state index in [1.807, 2.05) is 0 Å². The monoisotopic (exact) mass is 212 g/mol. The highest BCUT2D eigenvalue weighted by Crippen LogP contribution is 2.17. The Kier molecular flexibility index (Phi) is 2.52. The molecule has 0 saturated carbocycles. The predicted molar refractivity (Wildman–Crippen MR) is 52.7 cm³/mol. The van der Waals surface area contributed by atoms with E-state index in [-0.39, 0.29) is 10.3 Å². The highest BCUT2D eigenvalue weighted by atomic mass is 32.2. The average molecular weight is 212 g/mol. The van der Waals surface area contributed by atoms with Crippen molar-refractivity contribution < 1.29 is 8.42 Å². The zero-order chi connectivity index (χ0) is 10.0. The number of pyridine rings is 1. The van der Waals surface area contributed by atoms with E-state index in [1.54, 1.807) is 18.2 Å². The van der Waals surface area contributed by atoms with Crippen molar-refractivity contribution in [2.45, 2.75) is 16.7 Å². The molecule has 0 spiro atoms. The topological polar surface area (TPSA) is 59.1 Å². The number of hydrogen-bond acceptors (Lipinski definition) is 4. The van der Waals surface area contributed by atoms with Crippen molar-refractivity contribution in [3.8, 4) is 0 Å². The van der Waals surface area contributed by atoms with Crippen LogP contribution in [0.5, 0.6) is 0 Å². The van der Waals surface area contributed by atoms with Crippen LogP contribution < -0.4 is 5.32 Å². The Morgan fingerprint density at radius 3 is 2.86 bits per heavy atom. The molecule has 1 atom stereocenters. The summed E-state index contributed by atoms with van der Waals surface area (Å²) < 4.78 is 23.9. The summed E-state index contributed by atoms with van der Waals surface area (Å²) in [4.78, 5) is 3.88. The third-order valence-electron chi connectivity index (χ3n) is 2.38. The molecule has 1 aliphatic heterocycles. The lowest BCUT2D eigenvalue weighted by Crippen LogP contribution is -2.24. The number of sulfone groups is 1. The summed E-state index contributed by atoms with van der Waals surface area (Å²) in [6.07, 6.45) is 2.19. The number of hydrogen-bond donors (Lipinski definition) is 1. The Labute approximate surface area is 83.3 Å². The fourth-order valence-electron chi connectivity index (χ4n) is 1.58. The third kappa shape index (κ3) is 1.65. The zero-order valence-corrected chi connectivity index (χ0v) is 8.50. The van der Waals surface area contributed by atoms with Crippen LogP contribution in [0.1, 0.15) is 6.42 Å². The van der Waals surface area contributed by atoms with Gasteiger partial charge in [-0.15, -0.1) is 0 Å². The Balaban J connectivity index is 2.33. The SMILES string of the molecule is O=S(=O)(c1ccccn1)[C@H]1CCNC1. The smallest absolute Gasteiger partial charge is 0.199 e. The Morgan fingerprint density at radius 1 is 1.43 bits per heavy atom.